The van der Waals surface area contributed by atoms with E-state index in [0.29, 0.717) is 5.76 Å². The van der Waals surface area contributed by atoms with Crippen LogP contribution in [0.4, 0.5) is 0 Å². The van der Waals surface area contributed by atoms with E-state index >= 15 is 0 Å². The fourth-order valence-corrected chi connectivity index (χ4v) is 0.536. The SMILES string of the molecule is C=C(C=C(C)C)OC(C)=O. The maximum atomic E-state index is 10.3. The smallest absolute Gasteiger partial charge is 0.308 e. The lowest BCUT2D eigenvalue weighted by Gasteiger charge is -1.98. The van der Waals surface area contributed by atoms with Gasteiger partial charge in [-0.2, -0.15) is 0 Å². The first-order chi connectivity index (χ1) is 4.52. The molecule has 2 nitrogen and oxygen atoms in total. The van der Waals surface area contributed by atoms with E-state index < -0.39 is 0 Å². The van der Waals surface area contributed by atoms with Gasteiger partial charge < -0.3 is 4.74 Å². The van der Waals surface area contributed by atoms with Crippen LogP contribution in [0, 0.1) is 0 Å². The summed E-state index contributed by atoms with van der Waals surface area (Å²) in [6, 6.07) is 0. The highest BCUT2D eigenvalue weighted by Gasteiger charge is 1.93. The number of esters is 1. The predicted octanol–water partition coefficient (Wildman–Crippen LogP) is 2.03. The molecule has 0 amide bonds. The monoisotopic (exact) mass is 140 g/mol. The van der Waals surface area contributed by atoms with Gasteiger partial charge in [0.1, 0.15) is 5.76 Å². The van der Waals surface area contributed by atoms with Crippen LogP contribution in [0.3, 0.4) is 0 Å². The maximum Gasteiger partial charge on any atom is 0.308 e. The average molecular weight is 140 g/mol. The second-order valence-corrected chi connectivity index (χ2v) is 2.28. The van der Waals surface area contributed by atoms with Crippen molar-refractivity contribution in [1.82, 2.24) is 0 Å². The van der Waals surface area contributed by atoms with Crippen molar-refractivity contribution in [2.24, 2.45) is 0 Å². The van der Waals surface area contributed by atoms with E-state index in [4.69, 9.17) is 0 Å². The van der Waals surface area contributed by atoms with E-state index in [1.54, 1.807) is 6.08 Å². The molecule has 0 atom stereocenters. The summed E-state index contributed by atoms with van der Waals surface area (Å²) in [5, 5.41) is 0. The van der Waals surface area contributed by atoms with E-state index in [0.717, 1.165) is 5.57 Å². The number of carbonyl (C=O) groups excluding carboxylic acids is 1. The van der Waals surface area contributed by atoms with Gasteiger partial charge in [0, 0.05) is 6.92 Å². The number of rotatable bonds is 2. The van der Waals surface area contributed by atoms with Crippen LogP contribution in [0.25, 0.3) is 0 Å². The molecule has 0 rings (SSSR count). The second-order valence-electron chi connectivity index (χ2n) is 2.28. The zero-order valence-electron chi connectivity index (χ0n) is 6.60. The minimum atomic E-state index is -0.331. The normalized spacial score (nSPS) is 8.30. The van der Waals surface area contributed by atoms with Crippen molar-refractivity contribution in [2.75, 3.05) is 0 Å². The molecule has 0 aromatic heterocycles. The molecule has 0 aliphatic rings. The number of allylic oxidation sites excluding steroid dienone is 2. The maximum absolute atomic E-state index is 10.3. The highest BCUT2D eigenvalue weighted by atomic mass is 16.5. The summed E-state index contributed by atoms with van der Waals surface area (Å²) in [5.74, 6) is 0.0648. The molecule has 2 heteroatoms. The highest BCUT2D eigenvalue weighted by Crippen LogP contribution is 2.00. The first-order valence-corrected chi connectivity index (χ1v) is 3.04. The highest BCUT2D eigenvalue weighted by molar-refractivity contribution is 5.67. The molecule has 0 unspecified atom stereocenters. The lowest BCUT2D eigenvalue weighted by Crippen LogP contribution is -1.95. The molecule has 56 valence electrons. The van der Waals surface area contributed by atoms with Crippen LogP contribution < -0.4 is 0 Å². The van der Waals surface area contributed by atoms with Crippen LogP contribution in [0.2, 0.25) is 0 Å². The molecule has 0 aromatic rings. The van der Waals surface area contributed by atoms with Crippen LogP contribution >= 0.6 is 0 Å². The van der Waals surface area contributed by atoms with Gasteiger partial charge in [0.2, 0.25) is 0 Å². The van der Waals surface area contributed by atoms with Crippen molar-refractivity contribution in [1.29, 1.82) is 0 Å². The third kappa shape index (κ3) is 5.09. The van der Waals surface area contributed by atoms with Crippen molar-refractivity contribution in [2.45, 2.75) is 20.8 Å². The Morgan fingerprint density at radius 3 is 2.20 bits per heavy atom. The van der Waals surface area contributed by atoms with Gasteiger partial charge >= 0.3 is 5.97 Å². The van der Waals surface area contributed by atoms with Crippen LogP contribution in [0.15, 0.2) is 24.0 Å². The Bertz CT molecular complexity index is 174. The standard InChI is InChI=1S/C8H12O2/c1-6(2)5-7(3)10-8(4)9/h5H,3H2,1-2,4H3. The zero-order valence-corrected chi connectivity index (χ0v) is 6.60. The van der Waals surface area contributed by atoms with Crippen molar-refractivity contribution < 1.29 is 9.53 Å². The van der Waals surface area contributed by atoms with Gasteiger partial charge in [-0.25, -0.2) is 0 Å². The van der Waals surface area contributed by atoms with Crippen molar-refractivity contribution >= 4 is 5.97 Å². The Balaban J connectivity index is 3.88. The van der Waals surface area contributed by atoms with E-state index in [1.165, 1.54) is 6.92 Å². The molecule has 0 N–H and O–H groups in total. The molecular weight excluding hydrogens is 128 g/mol. The van der Waals surface area contributed by atoms with E-state index in [-0.39, 0.29) is 5.97 Å². The van der Waals surface area contributed by atoms with E-state index in [2.05, 4.69) is 11.3 Å². The van der Waals surface area contributed by atoms with Gasteiger partial charge in [-0.05, 0) is 19.9 Å². The number of hydrogen-bond acceptors (Lipinski definition) is 2. The summed E-state index contributed by atoms with van der Waals surface area (Å²) in [4.78, 5) is 10.3. The quantitative estimate of drug-likeness (QED) is 0.333. The van der Waals surface area contributed by atoms with Crippen molar-refractivity contribution in [3.63, 3.8) is 0 Å². The minimum absolute atomic E-state index is 0.331. The third-order valence-corrected chi connectivity index (χ3v) is 0.724. The molecule has 0 spiro atoms. The summed E-state index contributed by atoms with van der Waals surface area (Å²) in [6.45, 7) is 8.69. The van der Waals surface area contributed by atoms with Crippen LogP contribution in [-0.2, 0) is 9.53 Å². The molecule has 0 radical (unpaired) electrons. The number of hydrogen-bond donors (Lipinski definition) is 0. The summed E-state index contributed by atoms with van der Waals surface area (Å²) in [6.07, 6.45) is 1.71. The summed E-state index contributed by atoms with van der Waals surface area (Å²) in [7, 11) is 0. The molecule has 0 aliphatic carbocycles. The number of carbonyl (C=O) groups is 1. The summed E-state index contributed by atoms with van der Waals surface area (Å²) in [5.41, 5.74) is 1.06. The summed E-state index contributed by atoms with van der Waals surface area (Å²) < 4.78 is 4.65. The molecular formula is C8H12O2. The van der Waals surface area contributed by atoms with Crippen molar-refractivity contribution in [3.05, 3.63) is 24.0 Å². The molecule has 10 heavy (non-hydrogen) atoms. The topological polar surface area (TPSA) is 26.3 Å². The first kappa shape index (κ1) is 8.95. The first-order valence-electron chi connectivity index (χ1n) is 3.04. The minimum Gasteiger partial charge on any atom is -0.427 e. The third-order valence-electron chi connectivity index (χ3n) is 0.724. The molecule has 0 fully saturated rings. The fourth-order valence-electron chi connectivity index (χ4n) is 0.536. The molecule has 0 heterocycles. The van der Waals surface area contributed by atoms with E-state index in [9.17, 15) is 4.79 Å². The Hall–Kier alpha value is -1.05. The predicted molar refractivity (Wildman–Crippen MR) is 40.3 cm³/mol. The zero-order chi connectivity index (χ0) is 8.15. The number of ether oxygens (including phenoxy) is 1. The van der Waals surface area contributed by atoms with Gasteiger partial charge in [-0.3, -0.25) is 4.79 Å². The largest absolute Gasteiger partial charge is 0.427 e. The van der Waals surface area contributed by atoms with E-state index in [1.807, 2.05) is 13.8 Å². The Morgan fingerprint density at radius 1 is 1.40 bits per heavy atom. The Labute approximate surface area is 61.2 Å². The average Bonchev–Trinajstić information content (AvgIpc) is 1.58. The van der Waals surface area contributed by atoms with Gasteiger partial charge in [0.05, 0.1) is 0 Å². The molecule has 0 saturated heterocycles. The molecule has 0 saturated carbocycles. The van der Waals surface area contributed by atoms with Crippen LogP contribution in [0.1, 0.15) is 20.8 Å². The van der Waals surface area contributed by atoms with Crippen LogP contribution in [0.5, 0.6) is 0 Å². The van der Waals surface area contributed by atoms with Crippen molar-refractivity contribution in [3.8, 4) is 0 Å². The van der Waals surface area contributed by atoms with Gasteiger partial charge in [0.15, 0.2) is 0 Å². The summed E-state index contributed by atoms with van der Waals surface area (Å²) >= 11 is 0. The Kier molecular flexibility index (Phi) is 3.47. The van der Waals surface area contributed by atoms with Crippen LogP contribution in [-0.4, -0.2) is 5.97 Å². The molecule has 0 aliphatic heterocycles. The lowest BCUT2D eigenvalue weighted by molar-refractivity contribution is -0.136. The second kappa shape index (κ2) is 3.88. The molecule has 0 aromatic carbocycles. The van der Waals surface area contributed by atoms with Gasteiger partial charge in [0.25, 0.3) is 0 Å². The van der Waals surface area contributed by atoms with Gasteiger partial charge in [-0.1, -0.05) is 12.2 Å². The fraction of sp³-hybridized carbons (Fsp3) is 0.375. The van der Waals surface area contributed by atoms with Gasteiger partial charge in [-0.15, -0.1) is 0 Å². The Morgan fingerprint density at radius 2 is 1.90 bits per heavy atom. The lowest BCUT2D eigenvalue weighted by atomic mass is 10.3. The molecule has 0 bridgehead atoms.